The number of nitriles is 1. The molecule has 0 saturated carbocycles. The van der Waals surface area contributed by atoms with Crippen LogP contribution in [0.25, 0.3) is 27.9 Å². The second-order valence-corrected chi connectivity index (χ2v) is 8.04. The first-order chi connectivity index (χ1) is 16.0. The lowest BCUT2D eigenvalue weighted by molar-refractivity contribution is 0.477. The Morgan fingerprint density at radius 1 is 1.03 bits per heavy atom. The maximum absolute atomic E-state index is 13.4. The normalized spacial score (nSPS) is 10.9. The fourth-order valence-corrected chi connectivity index (χ4v) is 4.04. The van der Waals surface area contributed by atoms with Gasteiger partial charge in [0, 0.05) is 28.8 Å². The van der Waals surface area contributed by atoms with Crippen LogP contribution in [0, 0.1) is 11.3 Å². The fourth-order valence-electron chi connectivity index (χ4n) is 3.91. The van der Waals surface area contributed by atoms with E-state index in [9.17, 15) is 9.90 Å². The lowest BCUT2D eigenvalue weighted by atomic mass is 10.0. The smallest absolute Gasteiger partial charge is 0.282 e. The molecule has 0 fully saturated rings. The molecule has 0 bridgehead atoms. The average molecular weight is 453 g/mol. The molecule has 5 aromatic rings. The van der Waals surface area contributed by atoms with Gasteiger partial charge in [0.1, 0.15) is 11.4 Å². The molecule has 0 atom stereocenters. The summed E-state index contributed by atoms with van der Waals surface area (Å²) in [4.78, 5) is 16.6. The van der Waals surface area contributed by atoms with Gasteiger partial charge in [-0.2, -0.15) is 14.9 Å². The van der Waals surface area contributed by atoms with Crippen molar-refractivity contribution in [3.05, 3.63) is 111 Å². The topological polar surface area (TPSA) is 94.2 Å². The van der Waals surface area contributed by atoms with Gasteiger partial charge in [-0.15, -0.1) is 0 Å². The van der Waals surface area contributed by atoms with Crippen molar-refractivity contribution < 1.29 is 5.11 Å². The van der Waals surface area contributed by atoms with E-state index in [4.69, 9.17) is 16.9 Å². The van der Waals surface area contributed by atoms with Crippen LogP contribution in [0.5, 0.6) is 5.75 Å². The van der Waals surface area contributed by atoms with E-state index in [1.165, 1.54) is 10.6 Å². The van der Waals surface area contributed by atoms with Gasteiger partial charge in [0.2, 0.25) is 0 Å². The molecule has 0 aliphatic heterocycles. The lowest BCUT2D eigenvalue weighted by Gasteiger charge is -2.06. The zero-order valence-corrected chi connectivity index (χ0v) is 18.0. The number of rotatable bonds is 4. The molecule has 3 aromatic carbocycles. The van der Waals surface area contributed by atoms with E-state index in [-0.39, 0.29) is 16.9 Å². The number of nitrogens with one attached hydrogen (secondary N) is 1. The number of phenolic OH excluding ortho intramolecular Hbond substituents is 1. The van der Waals surface area contributed by atoms with Crippen molar-refractivity contribution in [1.82, 2.24) is 14.6 Å². The first-order valence-electron chi connectivity index (χ1n) is 10.2. The molecule has 0 saturated heterocycles. The van der Waals surface area contributed by atoms with E-state index in [2.05, 4.69) is 10.1 Å². The Morgan fingerprint density at radius 3 is 2.48 bits per heavy atom. The summed E-state index contributed by atoms with van der Waals surface area (Å²) >= 11 is 6.09. The standard InChI is InChI=1S/C26H17ClN4O2/c27-19-9-7-18(8-10-19)24-22(12-16-4-2-1-3-5-16)30-31-25(24)29-15-21(26(31)33)20-11-6-17(14-28)13-23(20)32/h1-11,13,15,29,32H,12H2. The average Bonchev–Trinajstić information content (AvgIpc) is 3.19. The predicted molar refractivity (Wildman–Crippen MR) is 127 cm³/mol. The third-order valence-electron chi connectivity index (χ3n) is 5.50. The molecule has 7 heteroatoms. The SMILES string of the molecule is N#Cc1ccc(-c2c[nH]c3c(-c4ccc(Cl)cc4)c(Cc4ccccc4)nn3c2=O)c(O)c1. The zero-order valence-electron chi connectivity index (χ0n) is 17.3. The minimum atomic E-state index is -0.377. The minimum absolute atomic E-state index is 0.145. The summed E-state index contributed by atoms with van der Waals surface area (Å²) in [7, 11) is 0. The molecular formula is C26H17ClN4O2. The Balaban J connectivity index is 1.73. The molecule has 0 aliphatic carbocycles. The van der Waals surface area contributed by atoms with Crippen LogP contribution in [0.2, 0.25) is 5.02 Å². The van der Waals surface area contributed by atoms with Crippen molar-refractivity contribution in [3.63, 3.8) is 0 Å². The number of H-pyrrole nitrogens is 1. The Hall–Kier alpha value is -4.34. The Kier molecular flexibility index (Phi) is 5.17. The highest BCUT2D eigenvalue weighted by atomic mass is 35.5. The van der Waals surface area contributed by atoms with Crippen molar-refractivity contribution in [2.75, 3.05) is 0 Å². The van der Waals surface area contributed by atoms with Crippen LogP contribution in [0.15, 0.2) is 83.8 Å². The summed E-state index contributed by atoms with van der Waals surface area (Å²) in [5.41, 5.74) is 4.54. The number of fused-ring (bicyclic) bond motifs is 1. The van der Waals surface area contributed by atoms with Gasteiger partial charge < -0.3 is 10.1 Å². The number of halogens is 1. The second-order valence-electron chi connectivity index (χ2n) is 7.60. The number of hydrogen-bond acceptors (Lipinski definition) is 4. The molecule has 2 N–H and O–H groups in total. The van der Waals surface area contributed by atoms with Gasteiger partial charge in [0.15, 0.2) is 0 Å². The number of aromatic amines is 1. The third kappa shape index (κ3) is 3.75. The van der Waals surface area contributed by atoms with E-state index in [1.54, 1.807) is 30.5 Å². The number of benzene rings is 3. The largest absolute Gasteiger partial charge is 0.507 e. The van der Waals surface area contributed by atoms with Crippen molar-refractivity contribution in [2.24, 2.45) is 0 Å². The van der Waals surface area contributed by atoms with Crippen molar-refractivity contribution >= 4 is 17.2 Å². The molecule has 0 unspecified atom stereocenters. The van der Waals surface area contributed by atoms with Crippen LogP contribution in [0.3, 0.4) is 0 Å². The van der Waals surface area contributed by atoms with E-state index < -0.39 is 0 Å². The Bertz CT molecular complexity index is 1580. The summed E-state index contributed by atoms with van der Waals surface area (Å²) in [6, 6.07) is 23.7. The van der Waals surface area contributed by atoms with Crippen LogP contribution in [-0.2, 0) is 6.42 Å². The summed E-state index contributed by atoms with van der Waals surface area (Å²) in [6.07, 6.45) is 2.09. The van der Waals surface area contributed by atoms with Crippen molar-refractivity contribution in [1.29, 1.82) is 5.26 Å². The van der Waals surface area contributed by atoms with Gasteiger partial charge in [-0.3, -0.25) is 4.79 Å². The van der Waals surface area contributed by atoms with Crippen LogP contribution in [0.4, 0.5) is 0 Å². The van der Waals surface area contributed by atoms with Gasteiger partial charge in [0.25, 0.3) is 5.56 Å². The maximum Gasteiger partial charge on any atom is 0.282 e. The lowest BCUT2D eigenvalue weighted by Crippen LogP contribution is -2.17. The van der Waals surface area contributed by atoms with Crippen LogP contribution in [-0.4, -0.2) is 19.7 Å². The molecule has 160 valence electrons. The first-order valence-corrected chi connectivity index (χ1v) is 10.6. The molecule has 33 heavy (non-hydrogen) atoms. The molecule has 0 amide bonds. The molecule has 0 aliphatic rings. The quantitative estimate of drug-likeness (QED) is 0.393. The van der Waals surface area contributed by atoms with Gasteiger partial charge in [-0.1, -0.05) is 54.1 Å². The molecule has 2 heterocycles. The Labute approximate surface area is 194 Å². The van der Waals surface area contributed by atoms with E-state index in [0.717, 1.165) is 22.4 Å². The molecule has 6 nitrogen and oxygen atoms in total. The number of nitrogens with zero attached hydrogens (tertiary/aromatic N) is 3. The second kappa shape index (κ2) is 8.30. The maximum atomic E-state index is 13.4. The number of aromatic hydroxyl groups is 1. The summed E-state index contributed by atoms with van der Waals surface area (Å²) in [5, 5.41) is 24.7. The molecular weight excluding hydrogens is 436 g/mol. The van der Waals surface area contributed by atoms with E-state index in [1.807, 2.05) is 48.5 Å². The third-order valence-corrected chi connectivity index (χ3v) is 5.75. The number of aromatic nitrogens is 3. The monoisotopic (exact) mass is 452 g/mol. The summed E-state index contributed by atoms with van der Waals surface area (Å²) in [5.74, 6) is -0.145. The van der Waals surface area contributed by atoms with Crippen LogP contribution < -0.4 is 5.56 Å². The van der Waals surface area contributed by atoms with Gasteiger partial charge in [0.05, 0.1) is 22.9 Å². The van der Waals surface area contributed by atoms with Crippen LogP contribution >= 0.6 is 11.6 Å². The van der Waals surface area contributed by atoms with Crippen molar-refractivity contribution in [2.45, 2.75) is 6.42 Å². The Morgan fingerprint density at radius 2 is 1.79 bits per heavy atom. The van der Waals surface area contributed by atoms with Gasteiger partial charge in [-0.25, -0.2) is 0 Å². The van der Waals surface area contributed by atoms with E-state index in [0.29, 0.717) is 28.2 Å². The number of hydrogen-bond donors (Lipinski definition) is 2. The minimum Gasteiger partial charge on any atom is -0.507 e. The van der Waals surface area contributed by atoms with E-state index >= 15 is 0 Å². The van der Waals surface area contributed by atoms with Crippen molar-refractivity contribution in [3.8, 4) is 34.1 Å². The number of phenols is 1. The van der Waals surface area contributed by atoms with Crippen LogP contribution in [0.1, 0.15) is 16.8 Å². The molecule has 0 radical (unpaired) electrons. The fraction of sp³-hybridized carbons (Fsp3) is 0.0385. The summed E-state index contributed by atoms with van der Waals surface area (Å²) in [6.45, 7) is 0. The highest BCUT2D eigenvalue weighted by molar-refractivity contribution is 6.30. The molecule has 5 rings (SSSR count). The van der Waals surface area contributed by atoms with Gasteiger partial charge in [-0.05, 0) is 41.5 Å². The summed E-state index contributed by atoms with van der Waals surface area (Å²) < 4.78 is 1.33. The highest BCUT2D eigenvalue weighted by Gasteiger charge is 2.20. The zero-order chi connectivity index (χ0) is 22.9. The predicted octanol–water partition coefficient (Wildman–Crippen LogP) is 5.18. The molecule has 2 aromatic heterocycles. The highest BCUT2D eigenvalue weighted by Crippen LogP contribution is 2.32. The first kappa shape index (κ1) is 20.6. The van der Waals surface area contributed by atoms with Gasteiger partial charge >= 0.3 is 0 Å². The molecule has 0 spiro atoms.